The highest BCUT2D eigenvalue weighted by Gasteiger charge is 2.21. The van der Waals surface area contributed by atoms with Crippen molar-refractivity contribution in [1.29, 1.82) is 0 Å². The van der Waals surface area contributed by atoms with Crippen LogP contribution in [0.3, 0.4) is 0 Å². The molecule has 0 saturated carbocycles. The summed E-state index contributed by atoms with van der Waals surface area (Å²) < 4.78 is 0. The van der Waals surface area contributed by atoms with Gasteiger partial charge in [-0.3, -0.25) is 4.79 Å². The van der Waals surface area contributed by atoms with Gasteiger partial charge in [0.25, 0.3) is 5.91 Å². The van der Waals surface area contributed by atoms with E-state index in [0.29, 0.717) is 0 Å². The van der Waals surface area contributed by atoms with Crippen molar-refractivity contribution in [1.82, 2.24) is 9.80 Å². The lowest BCUT2D eigenvalue weighted by molar-refractivity contribution is 0.0643. The monoisotopic (exact) mass is 261 g/mol. The quantitative estimate of drug-likeness (QED) is 0.825. The largest absolute Gasteiger partial charge is 0.378 e. The molecule has 4 nitrogen and oxygen atoms in total. The third-order valence-electron chi connectivity index (χ3n) is 3.72. The van der Waals surface area contributed by atoms with Gasteiger partial charge in [-0.2, -0.15) is 0 Å². The second kappa shape index (κ2) is 6.06. The number of piperazine rings is 1. The van der Waals surface area contributed by atoms with Crippen LogP contribution in [0.5, 0.6) is 0 Å². The SMILES string of the molecule is CCN1CCN(C(=O)c2cccc(N(C)C)c2)CC1. The highest BCUT2D eigenvalue weighted by Crippen LogP contribution is 2.16. The Morgan fingerprint density at radius 3 is 2.47 bits per heavy atom. The molecular formula is C15H23N3O. The second-order valence-electron chi connectivity index (χ2n) is 5.17. The number of hydrogen-bond acceptors (Lipinski definition) is 3. The summed E-state index contributed by atoms with van der Waals surface area (Å²) in [5.74, 6) is 0.152. The molecule has 0 bridgehead atoms. The fourth-order valence-corrected chi connectivity index (χ4v) is 2.37. The lowest BCUT2D eigenvalue weighted by Crippen LogP contribution is -2.48. The zero-order chi connectivity index (χ0) is 13.8. The van der Waals surface area contributed by atoms with E-state index in [1.807, 2.05) is 48.2 Å². The van der Waals surface area contributed by atoms with Crippen LogP contribution in [0.25, 0.3) is 0 Å². The number of nitrogens with zero attached hydrogens (tertiary/aromatic N) is 3. The summed E-state index contributed by atoms with van der Waals surface area (Å²) >= 11 is 0. The van der Waals surface area contributed by atoms with Crippen molar-refractivity contribution in [3.63, 3.8) is 0 Å². The average molecular weight is 261 g/mol. The van der Waals surface area contributed by atoms with Gasteiger partial charge in [-0.25, -0.2) is 0 Å². The number of rotatable bonds is 3. The van der Waals surface area contributed by atoms with Crippen LogP contribution < -0.4 is 4.90 Å². The second-order valence-corrected chi connectivity index (χ2v) is 5.17. The molecule has 0 atom stereocenters. The summed E-state index contributed by atoms with van der Waals surface area (Å²) in [6.45, 7) is 6.86. The van der Waals surface area contributed by atoms with E-state index in [4.69, 9.17) is 0 Å². The van der Waals surface area contributed by atoms with Gasteiger partial charge in [-0.15, -0.1) is 0 Å². The maximum absolute atomic E-state index is 12.5. The van der Waals surface area contributed by atoms with Gasteiger partial charge < -0.3 is 14.7 Å². The predicted octanol–water partition coefficient (Wildman–Crippen LogP) is 1.53. The molecule has 4 heteroatoms. The van der Waals surface area contributed by atoms with Gasteiger partial charge in [0, 0.05) is 51.5 Å². The van der Waals surface area contributed by atoms with E-state index in [-0.39, 0.29) is 5.91 Å². The highest BCUT2D eigenvalue weighted by atomic mass is 16.2. The minimum atomic E-state index is 0.152. The third-order valence-corrected chi connectivity index (χ3v) is 3.72. The predicted molar refractivity (Wildman–Crippen MR) is 78.8 cm³/mol. The number of amides is 1. The molecule has 1 saturated heterocycles. The van der Waals surface area contributed by atoms with Crippen LogP contribution in [-0.2, 0) is 0 Å². The Bertz CT molecular complexity index is 437. The lowest BCUT2D eigenvalue weighted by Gasteiger charge is -2.34. The zero-order valence-corrected chi connectivity index (χ0v) is 12.1. The Kier molecular flexibility index (Phi) is 4.43. The molecule has 19 heavy (non-hydrogen) atoms. The molecule has 1 amide bonds. The van der Waals surface area contributed by atoms with Gasteiger partial charge in [0.2, 0.25) is 0 Å². The van der Waals surface area contributed by atoms with Crippen molar-refractivity contribution in [2.24, 2.45) is 0 Å². The van der Waals surface area contributed by atoms with Crippen LogP contribution in [0.4, 0.5) is 5.69 Å². The van der Waals surface area contributed by atoms with E-state index in [9.17, 15) is 4.79 Å². The minimum absolute atomic E-state index is 0.152. The number of hydrogen-bond donors (Lipinski definition) is 0. The van der Waals surface area contributed by atoms with E-state index in [0.717, 1.165) is 44.0 Å². The van der Waals surface area contributed by atoms with E-state index < -0.39 is 0 Å². The van der Waals surface area contributed by atoms with Crippen LogP contribution in [0.2, 0.25) is 0 Å². The van der Waals surface area contributed by atoms with Gasteiger partial charge in [0.15, 0.2) is 0 Å². The number of carbonyl (C=O) groups excluding carboxylic acids is 1. The van der Waals surface area contributed by atoms with Crippen LogP contribution >= 0.6 is 0 Å². The molecule has 0 aliphatic carbocycles. The first kappa shape index (κ1) is 13.9. The molecule has 0 unspecified atom stereocenters. The number of benzene rings is 1. The van der Waals surface area contributed by atoms with Crippen molar-refractivity contribution in [2.75, 3.05) is 51.7 Å². The Hall–Kier alpha value is -1.55. The van der Waals surface area contributed by atoms with Crippen molar-refractivity contribution in [2.45, 2.75) is 6.92 Å². The highest BCUT2D eigenvalue weighted by molar-refractivity contribution is 5.95. The van der Waals surface area contributed by atoms with Crippen molar-refractivity contribution in [3.8, 4) is 0 Å². The normalized spacial score (nSPS) is 16.5. The lowest BCUT2D eigenvalue weighted by atomic mass is 10.1. The van der Waals surface area contributed by atoms with E-state index in [1.54, 1.807) is 0 Å². The molecule has 0 N–H and O–H groups in total. The first-order chi connectivity index (χ1) is 9.11. The molecule has 0 aromatic heterocycles. The standard InChI is InChI=1S/C15H23N3O/c1-4-17-8-10-18(11-9-17)15(19)13-6-5-7-14(12-13)16(2)3/h5-7,12H,4,8-11H2,1-3H3. The molecule has 1 fully saturated rings. The Morgan fingerprint density at radius 2 is 1.89 bits per heavy atom. The molecule has 1 aromatic carbocycles. The van der Waals surface area contributed by atoms with Crippen LogP contribution in [0.15, 0.2) is 24.3 Å². The van der Waals surface area contributed by atoms with E-state index >= 15 is 0 Å². The minimum Gasteiger partial charge on any atom is -0.378 e. The summed E-state index contributed by atoms with van der Waals surface area (Å²) in [6.07, 6.45) is 0. The first-order valence-corrected chi connectivity index (χ1v) is 6.91. The Labute approximate surface area is 115 Å². The molecule has 1 aliphatic heterocycles. The summed E-state index contributed by atoms with van der Waals surface area (Å²) in [4.78, 5) is 18.8. The Balaban J connectivity index is 2.06. The van der Waals surface area contributed by atoms with Gasteiger partial charge >= 0.3 is 0 Å². The average Bonchev–Trinajstić information content (AvgIpc) is 2.46. The van der Waals surface area contributed by atoms with Crippen LogP contribution in [0.1, 0.15) is 17.3 Å². The Morgan fingerprint density at radius 1 is 1.21 bits per heavy atom. The van der Waals surface area contributed by atoms with Crippen LogP contribution in [0, 0.1) is 0 Å². The molecule has 0 spiro atoms. The summed E-state index contributed by atoms with van der Waals surface area (Å²) in [5, 5.41) is 0. The van der Waals surface area contributed by atoms with Gasteiger partial charge in [0.1, 0.15) is 0 Å². The maximum Gasteiger partial charge on any atom is 0.254 e. The van der Waals surface area contributed by atoms with Crippen molar-refractivity contribution >= 4 is 11.6 Å². The molecular weight excluding hydrogens is 238 g/mol. The van der Waals surface area contributed by atoms with Crippen molar-refractivity contribution < 1.29 is 4.79 Å². The van der Waals surface area contributed by atoms with E-state index in [2.05, 4.69) is 11.8 Å². The fraction of sp³-hybridized carbons (Fsp3) is 0.533. The van der Waals surface area contributed by atoms with Crippen molar-refractivity contribution in [3.05, 3.63) is 29.8 Å². The number of likely N-dealkylation sites (N-methyl/N-ethyl adjacent to an activating group) is 1. The summed E-state index contributed by atoms with van der Waals surface area (Å²) in [6, 6.07) is 7.84. The molecule has 1 heterocycles. The van der Waals surface area contributed by atoms with E-state index in [1.165, 1.54) is 0 Å². The smallest absolute Gasteiger partial charge is 0.254 e. The van der Waals surface area contributed by atoms with Gasteiger partial charge in [0.05, 0.1) is 0 Å². The van der Waals surface area contributed by atoms with Crippen LogP contribution in [-0.4, -0.2) is 62.5 Å². The molecule has 0 radical (unpaired) electrons. The third kappa shape index (κ3) is 3.26. The summed E-state index contributed by atoms with van der Waals surface area (Å²) in [7, 11) is 3.98. The molecule has 1 aliphatic rings. The maximum atomic E-state index is 12.5. The van der Waals surface area contributed by atoms with Gasteiger partial charge in [-0.05, 0) is 24.7 Å². The van der Waals surface area contributed by atoms with Gasteiger partial charge in [-0.1, -0.05) is 13.0 Å². The fourth-order valence-electron chi connectivity index (χ4n) is 2.37. The molecule has 104 valence electrons. The zero-order valence-electron chi connectivity index (χ0n) is 12.1. The molecule has 2 rings (SSSR count). The first-order valence-electron chi connectivity index (χ1n) is 6.91. The number of anilines is 1. The number of carbonyl (C=O) groups is 1. The topological polar surface area (TPSA) is 26.8 Å². The molecule has 1 aromatic rings. The summed E-state index contributed by atoms with van der Waals surface area (Å²) in [5.41, 5.74) is 1.86.